The lowest BCUT2D eigenvalue weighted by Crippen LogP contribution is -2.11. The van der Waals surface area contributed by atoms with E-state index in [0.29, 0.717) is 19.1 Å². The summed E-state index contributed by atoms with van der Waals surface area (Å²) in [6.07, 6.45) is 1.74. The number of aryl methyl sites for hydroxylation is 1. The first-order chi connectivity index (χ1) is 9.74. The quantitative estimate of drug-likeness (QED) is 0.789. The van der Waals surface area contributed by atoms with Crippen LogP contribution in [0.4, 0.5) is 5.95 Å². The van der Waals surface area contributed by atoms with Crippen LogP contribution in [0.2, 0.25) is 0 Å². The molecule has 2 heterocycles. The molecule has 1 aromatic carbocycles. The van der Waals surface area contributed by atoms with E-state index < -0.39 is 0 Å². The molecule has 0 spiro atoms. The lowest BCUT2D eigenvalue weighted by Gasteiger charge is -2.08. The molecule has 3 rings (SSSR count). The standard InChI is InChI=1S/C15H16N4O/c1-11-4-2-5-12(10-11)20-9-8-19-14-13(18-15(19)16)6-3-7-17-14/h2-7,10H,8-9H2,1H3,(H2,16,18). The Morgan fingerprint density at radius 2 is 2.15 bits per heavy atom. The van der Waals surface area contributed by atoms with Crippen LogP contribution < -0.4 is 10.5 Å². The summed E-state index contributed by atoms with van der Waals surface area (Å²) in [5.41, 5.74) is 8.69. The molecule has 0 bridgehead atoms. The van der Waals surface area contributed by atoms with E-state index in [1.165, 1.54) is 5.56 Å². The van der Waals surface area contributed by atoms with Crippen LogP contribution in [0, 0.1) is 6.92 Å². The highest BCUT2D eigenvalue weighted by Crippen LogP contribution is 2.16. The van der Waals surface area contributed by atoms with Crippen molar-refractivity contribution in [2.45, 2.75) is 13.5 Å². The van der Waals surface area contributed by atoms with Gasteiger partial charge in [0.05, 0.1) is 6.54 Å². The Labute approximate surface area is 117 Å². The Kier molecular flexibility index (Phi) is 3.25. The smallest absolute Gasteiger partial charge is 0.202 e. The second-order valence-electron chi connectivity index (χ2n) is 4.63. The number of fused-ring (bicyclic) bond motifs is 1. The molecule has 0 saturated heterocycles. The molecule has 5 nitrogen and oxygen atoms in total. The molecule has 0 amide bonds. The van der Waals surface area contributed by atoms with Gasteiger partial charge in [-0.2, -0.15) is 0 Å². The molecule has 0 fully saturated rings. The number of nitrogens with zero attached hydrogens (tertiary/aromatic N) is 3. The van der Waals surface area contributed by atoms with Crippen molar-refractivity contribution in [3.8, 4) is 5.75 Å². The molecule has 5 heteroatoms. The summed E-state index contributed by atoms with van der Waals surface area (Å²) in [7, 11) is 0. The Balaban J connectivity index is 1.73. The van der Waals surface area contributed by atoms with E-state index in [2.05, 4.69) is 9.97 Å². The van der Waals surface area contributed by atoms with Crippen LogP contribution in [0.15, 0.2) is 42.6 Å². The Morgan fingerprint density at radius 1 is 1.25 bits per heavy atom. The van der Waals surface area contributed by atoms with Gasteiger partial charge in [0.15, 0.2) is 5.65 Å². The number of hydrogen-bond donors (Lipinski definition) is 1. The SMILES string of the molecule is Cc1cccc(OCCn2c(N)nc3cccnc32)c1. The zero-order valence-corrected chi connectivity index (χ0v) is 11.3. The number of pyridine rings is 1. The predicted molar refractivity (Wildman–Crippen MR) is 78.6 cm³/mol. The normalized spacial score (nSPS) is 10.8. The van der Waals surface area contributed by atoms with Crippen LogP contribution in [0.25, 0.3) is 11.2 Å². The van der Waals surface area contributed by atoms with E-state index in [4.69, 9.17) is 10.5 Å². The molecule has 0 atom stereocenters. The van der Waals surface area contributed by atoms with Gasteiger partial charge in [0, 0.05) is 6.20 Å². The Morgan fingerprint density at radius 3 is 3.00 bits per heavy atom. The van der Waals surface area contributed by atoms with Crippen molar-refractivity contribution in [2.24, 2.45) is 0 Å². The van der Waals surface area contributed by atoms with Crippen LogP contribution in [-0.4, -0.2) is 21.1 Å². The molecule has 0 saturated carbocycles. The molecule has 20 heavy (non-hydrogen) atoms. The van der Waals surface area contributed by atoms with Gasteiger partial charge in [0.2, 0.25) is 5.95 Å². The Hall–Kier alpha value is -2.56. The summed E-state index contributed by atoms with van der Waals surface area (Å²) < 4.78 is 7.60. The molecular formula is C15H16N4O. The van der Waals surface area contributed by atoms with Gasteiger partial charge in [-0.15, -0.1) is 0 Å². The first-order valence-corrected chi connectivity index (χ1v) is 6.50. The summed E-state index contributed by atoms with van der Waals surface area (Å²) in [5.74, 6) is 1.33. The number of aromatic nitrogens is 3. The van der Waals surface area contributed by atoms with E-state index in [-0.39, 0.29) is 0 Å². The first-order valence-electron chi connectivity index (χ1n) is 6.50. The van der Waals surface area contributed by atoms with Crippen LogP contribution in [-0.2, 0) is 6.54 Å². The lowest BCUT2D eigenvalue weighted by atomic mass is 10.2. The largest absolute Gasteiger partial charge is 0.492 e. The van der Waals surface area contributed by atoms with Gasteiger partial charge in [-0.05, 0) is 36.8 Å². The van der Waals surface area contributed by atoms with E-state index in [1.54, 1.807) is 6.20 Å². The van der Waals surface area contributed by atoms with E-state index in [1.807, 2.05) is 47.9 Å². The third-order valence-corrected chi connectivity index (χ3v) is 3.11. The Bertz CT molecular complexity index is 736. The number of imidazole rings is 1. The van der Waals surface area contributed by atoms with Gasteiger partial charge in [-0.25, -0.2) is 9.97 Å². The molecule has 3 aromatic rings. The minimum absolute atomic E-state index is 0.464. The second-order valence-corrected chi connectivity index (χ2v) is 4.63. The molecule has 0 aliphatic rings. The number of ether oxygens (including phenoxy) is 1. The highest BCUT2D eigenvalue weighted by molar-refractivity contribution is 5.73. The zero-order chi connectivity index (χ0) is 13.9. The fourth-order valence-corrected chi connectivity index (χ4v) is 2.16. The molecule has 0 radical (unpaired) electrons. The van der Waals surface area contributed by atoms with Crippen molar-refractivity contribution in [1.82, 2.24) is 14.5 Å². The number of hydrogen-bond acceptors (Lipinski definition) is 4. The van der Waals surface area contributed by atoms with Crippen LogP contribution in [0.1, 0.15) is 5.56 Å². The van der Waals surface area contributed by atoms with Gasteiger partial charge < -0.3 is 10.5 Å². The van der Waals surface area contributed by atoms with Crippen LogP contribution in [0.5, 0.6) is 5.75 Å². The molecular weight excluding hydrogens is 252 g/mol. The van der Waals surface area contributed by atoms with Crippen molar-refractivity contribution in [2.75, 3.05) is 12.3 Å². The number of nitrogen functional groups attached to an aromatic ring is 1. The van der Waals surface area contributed by atoms with Gasteiger partial charge in [-0.3, -0.25) is 4.57 Å². The van der Waals surface area contributed by atoms with Gasteiger partial charge in [-0.1, -0.05) is 12.1 Å². The van der Waals surface area contributed by atoms with E-state index >= 15 is 0 Å². The summed E-state index contributed by atoms with van der Waals surface area (Å²) in [5, 5.41) is 0. The van der Waals surface area contributed by atoms with Crippen molar-refractivity contribution >= 4 is 17.1 Å². The minimum Gasteiger partial charge on any atom is -0.492 e. The van der Waals surface area contributed by atoms with Crippen molar-refractivity contribution in [3.05, 3.63) is 48.2 Å². The zero-order valence-electron chi connectivity index (χ0n) is 11.3. The molecule has 0 unspecified atom stereocenters. The lowest BCUT2D eigenvalue weighted by molar-refractivity contribution is 0.300. The first kappa shape index (κ1) is 12.5. The topological polar surface area (TPSA) is 66.0 Å². The molecule has 0 aliphatic carbocycles. The molecule has 2 N–H and O–H groups in total. The van der Waals surface area contributed by atoms with E-state index in [9.17, 15) is 0 Å². The number of rotatable bonds is 4. The fraction of sp³-hybridized carbons (Fsp3) is 0.200. The summed E-state index contributed by atoms with van der Waals surface area (Å²) >= 11 is 0. The average molecular weight is 268 g/mol. The third kappa shape index (κ3) is 2.42. The summed E-state index contributed by atoms with van der Waals surface area (Å²) in [6.45, 7) is 3.18. The molecule has 2 aromatic heterocycles. The number of benzene rings is 1. The summed E-state index contributed by atoms with van der Waals surface area (Å²) in [6, 6.07) is 11.7. The predicted octanol–water partition coefficient (Wildman–Crippen LogP) is 2.40. The van der Waals surface area contributed by atoms with Gasteiger partial charge in [0.25, 0.3) is 0 Å². The maximum absolute atomic E-state index is 5.91. The maximum Gasteiger partial charge on any atom is 0.202 e. The third-order valence-electron chi connectivity index (χ3n) is 3.11. The molecule has 0 aliphatic heterocycles. The van der Waals surface area contributed by atoms with Crippen molar-refractivity contribution < 1.29 is 4.74 Å². The number of anilines is 1. The maximum atomic E-state index is 5.91. The van der Waals surface area contributed by atoms with E-state index in [0.717, 1.165) is 16.9 Å². The molecule has 102 valence electrons. The fourth-order valence-electron chi connectivity index (χ4n) is 2.16. The van der Waals surface area contributed by atoms with Crippen molar-refractivity contribution in [3.63, 3.8) is 0 Å². The van der Waals surface area contributed by atoms with Gasteiger partial charge in [0.1, 0.15) is 17.9 Å². The average Bonchev–Trinajstić information content (AvgIpc) is 2.75. The highest BCUT2D eigenvalue weighted by Gasteiger charge is 2.08. The summed E-state index contributed by atoms with van der Waals surface area (Å²) in [4.78, 5) is 8.58. The van der Waals surface area contributed by atoms with Crippen LogP contribution in [0.3, 0.4) is 0 Å². The van der Waals surface area contributed by atoms with Crippen LogP contribution >= 0.6 is 0 Å². The van der Waals surface area contributed by atoms with Crippen molar-refractivity contribution in [1.29, 1.82) is 0 Å². The minimum atomic E-state index is 0.464. The van der Waals surface area contributed by atoms with Gasteiger partial charge >= 0.3 is 0 Å². The monoisotopic (exact) mass is 268 g/mol. The second kappa shape index (κ2) is 5.21. The highest BCUT2D eigenvalue weighted by atomic mass is 16.5. The number of nitrogens with two attached hydrogens (primary N) is 1.